The van der Waals surface area contributed by atoms with E-state index in [0.717, 1.165) is 26.6 Å². The molecule has 1 aliphatic heterocycles. The number of hydrogen-bond acceptors (Lipinski definition) is 4. The molecule has 0 aliphatic carbocycles. The minimum Gasteiger partial charge on any atom is -0.325 e. The number of piperidine rings is 1. The number of para-hydroxylation sites is 1. The number of benzene rings is 3. The van der Waals surface area contributed by atoms with Gasteiger partial charge in [-0.05, 0) is 68.1 Å². The van der Waals surface area contributed by atoms with Crippen LogP contribution in [-0.4, -0.2) is 31.7 Å². The Kier molecular flexibility index (Phi) is 7.22. The van der Waals surface area contributed by atoms with Gasteiger partial charge in [0.15, 0.2) is 0 Å². The van der Waals surface area contributed by atoms with E-state index < -0.39 is 15.9 Å². The molecule has 3 aromatic rings. The van der Waals surface area contributed by atoms with Gasteiger partial charge in [0, 0.05) is 22.9 Å². The lowest BCUT2D eigenvalue weighted by atomic mass is 9.99. The van der Waals surface area contributed by atoms with Crippen LogP contribution in [0.2, 0.25) is 0 Å². The lowest BCUT2D eigenvalue weighted by molar-refractivity contribution is -0.120. The molecule has 0 bridgehead atoms. The summed E-state index contributed by atoms with van der Waals surface area (Å²) < 4.78 is 28.1. The van der Waals surface area contributed by atoms with Crippen LogP contribution in [0.1, 0.15) is 24.0 Å². The Balaban J connectivity index is 1.49. The van der Waals surface area contributed by atoms with Crippen molar-refractivity contribution in [3.63, 3.8) is 0 Å². The molecule has 4 rings (SSSR count). The third-order valence-electron chi connectivity index (χ3n) is 5.83. The minimum atomic E-state index is -3.65. The fourth-order valence-electron chi connectivity index (χ4n) is 4.01. The molecule has 0 spiro atoms. The molecule has 33 heavy (non-hydrogen) atoms. The van der Waals surface area contributed by atoms with Crippen molar-refractivity contribution in [3.8, 4) is 0 Å². The van der Waals surface area contributed by atoms with E-state index >= 15 is 0 Å². The smallest absolute Gasteiger partial charge is 0.243 e. The van der Waals surface area contributed by atoms with Crippen LogP contribution < -0.4 is 5.32 Å². The first-order valence-corrected chi connectivity index (χ1v) is 13.3. The normalized spacial score (nSPS) is 17.0. The van der Waals surface area contributed by atoms with Crippen LogP contribution in [-0.2, 0) is 14.8 Å². The third-order valence-corrected chi connectivity index (χ3v) is 8.92. The molecule has 1 fully saturated rings. The number of anilines is 1. The zero-order valence-electron chi connectivity index (χ0n) is 18.8. The average molecular weight is 481 g/mol. The van der Waals surface area contributed by atoms with Crippen molar-refractivity contribution in [1.29, 1.82) is 0 Å². The molecule has 1 unspecified atom stereocenters. The maximum absolute atomic E-state index is 13.3. The van der Waals surface area contributed by atoms with E-state index in [1.54, 1.807) is 17.8 Å². The van der Waals surface area contributed by atoms with Gasteiger partial charge < -0.3 is 5.32 Å². The van der Waals surface area contributed by atoms with Crippen LogP contribution >= 0.6 is 11.8 Å². The molecule has 3 aromatic carbocycles. The number of carbonyl (C=O) groups excluding carboxylic acids is 1. The van der Waals surface area contributed by atoms with Crippen LogP contribution in [0, 0.1) is 19.8 Å². The Hall–Kier alpha value is -2.61. The molecule has 0 saturated carbocycles. The molecule has 1 aliphatic rings. The lowest BCUT2D eigenvalue weighted by Crippen LogP contribution is -2.43. The molecule has 1 saturated heterocycles. The molecular formula is C26H28N2O3S2. The number of carbonyl (C=O) groups is 1. The highest BCUT2D eigenvalue weighted by Gasteiger charge is 2.34. The highest BCUT2D eigenvalue weighted by molar-refractivity contribution is 7.99. The van der Waals surface area contributed by atoms with Gasteiger partial charge in [-0.15, -0.1) is 0 Å². The Morgan fingerprint density at radius 1 is 1.00 bits per heavy atom. The summed E-state index contributed by atoms with van der Waals surface area (Å²) in [7, 11) is -3.65. The third kappa shape index (κ3) is 5.49. The number of nitrogens with zero attached hydrogens (tertiary/aromatic N) is 1. The number of rotatable bonds is 6. The molecule has 1 amide bonds. The van der Waals surface area contributed by atoms with Crippen molar-refractivity contribution < 1.29 is 13.2 Å². The molecule has 0 aromatic heterocycles. The lowest BCUT2D eigenvalue weighted by Gasteiger charge is -2.31. The van der Waals surface area contributed by atoms with Crippen molar-refractivity contribution in [1.82, 2.24) is 4.31 Å². The summed E-state index contributed by atoms with van der Waals surface area (Å²) in [4.78, 5) is 15.5. The first-order valence-electron chi connectivity index (χ1n) is 11.0. The van der Waals surface area contributed by atoms with Crippen LogP contribution in [0.4, 0.5) is 5.69 Å². The van der Waals surface area contributed by atoms with Gasteiger partial charge in [0.05, 0.1) is 16.5 Å². The Bertz CT molecular complexity index is 1240. The molecule has 1 N–H and O–H groups in total. The van der Waals surface area contributed by atoms with Crippen molar-refractivity contribution in [3.05, 3.63) is 83.9 Å². The van der Waals surface area contributed by atoms with E-state index in [0.29, 0.717) is 24.3 Å². The van der Waals surface area contributed by atoms with E-state index in [2.05, 4.69) is 5.32 Å². The quantitative estimate of drug-likeness (QED) is 0.506. The molecule has 5 nitrogen and oxygen atoms in total. The van der Waals surface area contributed by atoms with Gasteiger partial charge in [0.2, 0.25) is 15.9 Å². The first-order chi connectivity index (χ1) is 15.8. The highest BCUT2D eigenvalue weighted by Crippen LogP contribution is 2.34. The van der Waals surface area contributed by atoms with Gasteiger partial charge in [-0.3, -0.25) is 4.79 Å². The predicted molar refractivity (Wildman–Crippen MR) is 133 cm³/mol. The number of nitrogens with one attached hydrogen (secondary N) is 1. The van der Waals surface area contributed by atoms with E-state index in [-0.39, 0.29) is 12.5 Å². The number of aryl methyl sites for hydroxylation is 2. The largest absolute Gasteiger partial charge is 0.325 e. The maximum Gasteiger partial charge on any atom is 0.243 e. The second kappa shape index (κ2) is 10.1. The fraction of sp³-hybridized carbons (Fsp3) is 0.269. The molecule has 0 radical (unpaired) electrons. The van der Waals surface area contributed by atoms with Gasteiger partial charge in [-0.2, -0.15) is 4.31 Å². The Labute approximate surface area is 200 Å². The van der Waals surface area contributed by atoms with Gasteiger partial charge in [-0.25, -0.2) is 8.42 Å². The number of sulfonamides is 1. The minimum absolute atomic E-state index is 0.142. The molecule has 7 heteroatoms. The zero-order chi connectivity index (χ0) is 23.4. The Morgan fingerprint density at radius 2 is 1.73 bits per heavy atom. The SMILES string of the molecule is Cc1ccc(C)c(S(=O)(=O)N2CCCC(C(=O)Nc3ccccc3Sc3ccccc3)C2)c1. The van der Waals surface area contributed by atoms with Crippen LogP contribution in [0.15, 0.2) is 87.5 Å². The van der Waals surface area contributed by atoms with Gasteiger partial charge >= 0.3 is 0 Å². The van der Waals surface area contributed by atoms with Crippen molar-refractivity contribution in [2.45, 2.75) is 41.4 Å². The summed E-state index contributed by atoms with van der Waals surface area (Å²) in [6.45, 7) is 4.31. The van der Waals surface area contributed by atoms with E-state index in [4.69, 9.17) is 0 Å². The van der Waals surface area contributed by atoms with Crippen molar-refractivity contribution >= 4 is 33.4 Å². The average Bonchev–Trinajstić information content (AvgIpc) is 2.82. The van der Waals surface area contributed by atoms with Crippen molar-refractivity contribution in [2.75, 3.05) is 18.4 Å². The molecule has 1 atom stereocenters. The first kappa shape index (κ1) is 23.5. The Morgan fingerprint density at radius 3 is 2.52 bits per heavy atom. The van der Waals surface area contributed by atoms with Gasteiger partial charge in [0.1, 0.15) is 0 Å². The topological polar surface area (TPSA) is 66.5 Å². The van der Waals surface area contributed by atoms with Crippen molar-refractivity contribution in [2.24, 2.45) is 5.92 Å². The number of amides is 1. The summed E-state index contributed by atoms with van der Waals surface area (Å²) in [5.74, 6) is -0.537. The predicted octanol–water partition coefficient (Wildman–Crippen LogP) is 5.49. The van der Waals surface area contributed by atoms with Gasteiger partial charge in [0.25, 0.3) is 0 Å². The standard InChI is InChI=1S/C26H28N2O3S2/c1-19-14-15-20(2)25(17-19)33(30,31)28-16-8-9-21(18-28)26(29)27-23-12-6-7-13-24(23)32-22-10-4-3-5-11-22/h3-7,10-15,17,21H,8-9,16,18H2,1-2H3,(H,27,29). The zero-order valence-corrected chi connectivity index (χ0v) is 20.5. The fourth-order valence-corrected chi connectivity index (χ4v) is 6.76. The molecule has 172 valence electrons. The van der Waals surface area contributed by atoms with E-state index in [1.165, 1.54) is 4.31 Å². The van der Waals surface area contributed by atoms with Crippen LogP contribution in [0.5, 0.6) is 0 Å². The maximum atomic E-state index is 13.3. The summed E-state index contributed by atoms with van der Waals surface area (Å²) in [6.07, 6.45) is 1.32. The summed E-state index contributed by atoms with van der Waals surface area (Å²) in [5.41, 5.74) is 2.36. The molecule has 1 heterocycles. The summed E-state index contributed by atoms with van der Waals surface area (Å²) in [5, 5.41) is 3.05. The van der Waals surface area contributed by atoms with E-state index in [1.807, 2.05) is 80.6 Å². The second-order valence-corrected chi connectivity index (χ2v) is 11.4. The van der Waals surface area contributed by atoms with Crippen LogP contribution in [0.3, 0.4) is 0 Å². The molecular weight excluding hydrogens is 452 g/mol. The summed E-state index contributed by atoms with van der Waals surface area (Å²) in [6, 6.07) is 23.1. The highest BCUT2D eigenvalue weighted by atomic mass is 32.2. The summed E-state index contributed by atoms with van der Waals surface area (Å²) >= 11 is 1.59. The monoisotopic (exact) mass is 480 g/mol. The van der Waals surface area contributed by atoms with Crippen LogP contribution in [0.25, 0.3) is 0 Å². The van der Waals surface area contributed by atoms with Gasteiger partial charge in [-0.1, -0.05) is 54.2 Å². The second-order valence-electron chi connectivity index (χ2n) is 8.37. The van der Waals surface area contributed by atoms with E-state index in [9.17, 15) is 13.2 Å². The number of hydrogen-bond donors (Lipinski definition) is 1.